The normalized spacial score (nSPS) is 14.8. The minimum atomic E-state index is -4.54. The number of phenolic OH excluding ortho intramolecular Hbond substituents is 1. The van der Waals surface area contributed by atoms with Crippen molar-refractivity contribution in [3.8, 4) is 5.75 Å². The molecule has 0 saturated heterocycles. The molecule has 0 atom stereocenters. The number of fused-ring (bicyclic) bond motifs is 1. The van der Waals surface area contributed by atoms with Crippen LogP contribution in [0.25, 0.3) is 5.57 Å². The summed E-state index contributed by atoms with van der Waals surface area (Å²) in [5.41, 5.74) is 2.50. The lowest BCUT2D eigenvalue weighted by molar-refractivity contribution is -0.137. The van der Waals surface area contributed by atoms with E-state index in [4.69, 9.17) is 0 Å². The average molecular weight is 423 g/mol. The van der Waals surface area contributed by atoms with Gasteiger partial charge in [-0.3, -0.25) is 9.69 Å². The van der Waals surface area contributed by atoms with Crippen LogP contribution in [0.1, 0.15) is 22.3 Å². The van der Waals surface area contributed by atoms with Crippen molar-refractivity contribution in [1.29, 1.82) is 0 Å². The second kappa shape index (κ2) is 7.50. The first-order valence-corrected chi connectivity index (χ1v) is 9.46. The highest BCUT2D eigenvalue weighted by molar-refractivity contribution is 6.35. The second-order valence-corrected chi connectivity index (χ2v) is 7.27. The molecule has 2 N–H and O–H groups in total. The number of nitrogens with one attached hydrogen (secondary N) is 1. The van der Waals surface area contributed by atoms with E-state index in [1.165, 1.54) is 23.2 Å². The summed E-state index contributed by atoms with van der Waals surface area (Å²) in [7, 11) is 0. The third-order valence-corrected chi connectivity index (χ3v) is 5.23. The van der Waals surface area contributed by atoms with E-state index >= 15 is 0 Å². The summed E-state index contributed by atoms with van der Waals surface area (Å²) < 4.78 is 40.0. The fourth-order valence-electron chi connectivity index (χ4n) is 3.41. The fraction of sp³-hybridized carbons (Fsp3) is 0.125. The molecule has 31 heavy (non-hydrogen) atoms. The van der Waals surface area contributed by atoms with Crippen molar-refractivity contribution >= 4 is 28.5 Å². The first-order valence-electron chi connectivity index (χ1n) is 9.46. The van der Waals surface area contributed by atoms with Crippen molar-refractivity contribution in [3.05, 3.63) is 89.1 Å². The third-order valence-electron chi connectivity index (χ3n) is 5.23. The van der Waals surface area contributed by atoms with Crippen LogP contribution in [-0.4, -0.2) is 11.0 Å². The Morgan fingerprint density at radius 2 is 1.84 bits per heavy atom. The molecular formula is C24H18F3N2O2. The maximum absolute atomic E-state index is 13.3. The topological polar surface area (TPSA) is 52.6 Å². The Hall–Kier alpha value is -3.74. The first kappa shape index (κ1) is 20.5. The molecule has 0 unspecified atom stereocenters. The van der Waals surface area contributed by atoms with E-state index in [-0.39, 0.29) is 22.7 Å². The van der Waals surface area contributed by atoms with Gasteiger partial charge in [0.25, 0.3) is 5.91 Å². The minimum absolute atomic E-state index is 0.0662. The number of halogens is 3. The van der Waals surface area contributed by atoms with Gasteiger partial charge in [0, 0.05) is 23.5 Å². The number of nitrogens with zero attached hydrogens (tertiary/aromatic N) is 1. The summed E-state index contributed by atoms with van der Waals surface area (Å²) in [6.45, 7) is 3.79. The van der Waals surface area contributed by atoms with Gasteiger partial charge in [0.15, 0.2) is 0 Å². The van der Waals surface area contributed by atoms with Gasteiger partial charge in [0.05, 0.1) is 22.5 Å². The van der Waals surface area contributed by atoms with E-state index in [2.05, 4.69) is 11.4 Å². The highest BCUT2D eigenvalue weighted by atomic mass is 19.4. The van der Waals surface area contributed by atoms with Gasteiger partial charge in [-0.1, -0.05) is 24.3 Å². The van der Waals surface area contributed by atoms with Crippen molar-refractivity contribution in [1.82, 2.24) is 0 Å². The smallest absolute Gasteiger partial charge is 0.416 e. The van der Waals surface area contributed by atoms with Crippen LogP contribution in [0.3, 0.4) is 0 Å². The Balaban J connectivity index is 1.84. The molecule has 1 radical (unpaired) electrons. The zero-order valence-corrected chi connectivity index (χ0v) is 16.7. The van der Waals surface area contributed by atoms with Gasteiger partial charge in [0.1, 0.15) is 5.75 Å². The molecule has 1 heterocycles. The lowest BCUT2D eigenvalue weighted by Gasteiger charge is -2.19. The molecule has 1 amide bonds. The molecule has 3 aromatic rings. The second-order valence-electron chi connectivity index (χ2n) is 7.27. The predicted octanol–water partition coefficient (Wildman–Crippen LogP) is 5.96. The number of phenols is 1. The summed E-state index contributed by atoms with van der Waals surface area (Å²) in [4.78, 5) is 14.6. The lowest BCUT2D eigenvalue weighted by atomic mass is 10.1. The van der Waals surface area contributed by atoms with E-state index in [1.54, 1.807) is 24.3 Å². The van der Waals surface area contributed by atoms with E-state index in [1.807, 2.05) is 19.9 Å². The maximum Gasteiger partial charge on any atom is 0.416 e. The van der Waals surface area contributed by atoms with Crippen LogP contribution in [0, 0.1) is 19.9 Å². The van der Waals surface area contributed by atoms with Gasteiger partial charge >= 0.3 is 6.18 Å². The van der Waals surface area contributed by atoms with Crippen molar-refractivity contribution < 1.29 is 23.1 Å². The van der Waals surface area contributed by atoms with E-state index in [0.717, 1.165) is 23.3 Å². The number of hydrogen-bond donors (Lipinski definition) is 2. The van der Waals surface area contributed by atoms with E-state index in [9.17, 15) is 23.1 Å². The summed E-state index contributed by atoms with van der Waals surface area (Å²) in [6, 6.07) is 16.0. The molecular weight excluding hydrogens is 405 g/mol. The molecule has 0 aliphatic carbocycles. The van der Waals surface area contributed by atoms with E-state index < -0.39 is 17.6 Å². The zero-order chi connectivity index (χ0) is 22.3. The van der Waals surface area contributed by atoms with Crippen molar-refractivity contribution in [2.75, 3.05) is 10.2 Å². The summed E-state index contributed by atoms with van der Waals surface area (Å²) in [5, 5.41) is 12.7. The highest BCUT2D eigenvalue weighted by Crippen LogP contribution is 2.44. The van der Waals surface area contributed by atoms with Gasteiger partial charge in [-0.15, -0.1) is 0 Å². The molecule has 1 aliphatic rings. The van der Waals surface area contributed by atoms with Gasteiger partial charge in [-0.05, 0) is 55.3 Å². The van der Waals surface area contributed by atoms with Crippen LogP contribution in [0.15, 0.2) is 60.8 Å². The van der Waals surface area contributed by atoms with Crippen LogP contribution in [0.5, 0.6) is 5.75 Å². The summed E-state index contributed by atoms with van der Waals surface area (Å²) in [5.74, 6) is -0.538. The number of rotatable bonds is 3. The molecule has 0 aromatic heterocycles. The van der Waals surface area contributed by atoms with Gasteiger partial charge in [-0.25, -0.2) is 0 Å². The third kappa shape index (κ3) is 3.74. The Morgan fingerprint density at radius 1 is 1.06 bits per heavy atom. The number of alkyl halides is 3. The number of carbonyl (C=O) groups excluding carboxylic acids is 1. The van der Waals surface area contributed by atoms with Crippen LogP contribution in [-0.2, 0) is 11.0 Å². The number of aromatic hydroxyl groups is 1. The molecule has 4 nitrogen and oxygen atoms in total. The quantitative estimate of drug-likeness (QED) is 0.404. The number of aryl methyl sites for hydroxylation is 2. The number of amides is 1. The minimum Gasteiger partial charge on any atom is -0.506 e. The Kier molecular flexibility index (Phi) is 4.97. The number of hydrogen-bond acceptors (Lipinski definition) is 3. The van der Waals surface area contributed by atoms with Gasteiger partial charge < -0.3 is 10.4 Å². The first-order chi connectivity index (χ1) is 14.7. The van der Waals surface area contributed by atoms with Gasteiger partial charge in [0.2, 0.25) is 0 Å². The monoisotopic (exact) mass is 423 g/mol. The fourth-order valence-corrected chi connectivity index (χ4v) is 3.41. The van der Waals surface area contributed by atoms with Crippen molar-refractivity contribution in [3.63, 3.8) is 0 Å². The highest BCUT2D eigenvalue weighted by Gasteiger charge is 2.38. The summed E-state index contributed by atoms with van der Waals surface area (Å²) in [6.07, 6.45) is -3.16. The van der Waals surface area contributed by atoms with Crippen LogP contribution in [0.2, 0.25) is 0 Å². The molecule has 3 aromatic carbocycles. The van der Waals surface area contributed by atoms with Crippen LogP contribution < -0.4 is 10.2 Å². The Labute approximate surface area is 177 Å². The van der Waals surface area contributed by atoms with Crippen LogP contribution >= 0.6 is 0 Å². The molecule has 0 fully saturated rings. The molecule has 0 saturated carbocycles. The standard InChI is InChI=1S/C24H18F3N2O2/c1-14-7-9-17(11-15(14)2)29-21-12-16(24(25,26)27)8-10-18(21)19(23(29)31)13-28-20-5-3-4-6-22(20)30/h3-4,6-13,28,30H,1-2H3. The Morgan fingerprint density at radius 3 is 2.52 bits per heavy atom. The molecule has 0 spiro atoms. The predicted molar refractivity (Wildman–Crippen MR) is 113 cm³/mol. The Bertz CT molecular complexity index is 1220. The molecule has 0 bridgehead atoms. The molecule has 4 rings (SSSR count). The number of benzene rings is 3. The van der Waals surface area contributed by atoms with Crippen LogP contribution in [0.4, 0.5) is 30.2 Å². The SMILES string of the molecule is Cc1ccc(N2C(=O)C(=CNc3[c]cccc3O)c3ccc(C(F)(F)F)cc32)cc1C. The van der Waals surface area contributed by atoms with Crippen molar-refractivity contribution in [2.24, 2.45) is 0 Å². The van der Waals surface area contributed by atoms with Crippen molar-refractivity contribution in [2.45, 2.75) is 20.0 Å². The average Bonchev–Trinajstić information content (AvgIpc) is 2.99. The maximum atomic E-state index is 13.3. The number of para-hydroxylation sites is 1. The zero-order valence-electron chi connectivity index (χ0n) is 16.7. The lowest BCUT2D eigenvalue weighted by Crippen LogP contribution is -2.21. The molecule has 157 valence electrons. The van der Waals surface area contributed by atoms with E-state index in [0.29, 0.717) is 11.3 Å². The summed E-state index contributed by atoms with van der Waals surface area (Å²) >= 11 is 0. The van der Waals surface area contributed by atoms with Gasteiger partial charge in [-0.2, -0.15) is 13.2 Å². The number of anilines is 3. The molecule has 1 aliphatic heterocycles. The molecule has 7 heteroatoms. The number of carbonyl (C=O) groups is 1. The largest absolute Gasteiger partial charge is 0.506 e.